The van der Waals surface area contributed by atoms with Crippen LogP contribution in [0.1, 0.15) is 37.4 Å². The van der Waals surface area contributed by atoms with Crippen molar-refractivity contribution in [1.29, 1.82) is 0 Å². The van der Waals surface area contributed by atoms with E-state index < -0.39 is 5.91 Å². The molecule has 0 aliphatic heterocycles. The molecule has 0 heterocycles. The van der Waals surface area contributed by atoms with E-state index in [1.165, 1.54) is 6.08 Å². The summed E-state index contributed by atoms with van der Waals surface area (Å²) in [6.45, 7) is 1.99. The number of rotatable bonds is 8. The van der Waals surface area contributed by atoms with E-state index in [2.05, 4.69) is 10.6 Å². The van der Waals surface area contributed by atoms with Gasteiger partial charge in [-0.3, -0.25) is 14.4 Å². The molecule has 2 N–H and O–H groups in total. The Bertz CT molecular complexity index is 1460. The predicted octanol–water partition coefficient (Wildman–Crippen LogP) is 6.30. The minimum Gasteiger partial charge on any atom is -0.321 e. The Morgan fingerprint density at radius 3 is 1.97 bits per heavy atom. The number of aryl methyl sites for hydroxylation is 1. The summed E-state index contributed by atoms with van der Waals surface area (Å²) in [4.78, 5) is 38.5. The molecular formula is C32H26N2O3. The molecule has 4 rings (SSSR count). The first-order valence-electron chi connectivity index (χ1n) is 11.8. The van der Waals surface area contributed by atoms with Gasteiger partial charge < -0.3 is 10.6 Å². The second-order valence-electron chi connectivity index (χ2n) is 8.37. The fraction of sp³-hybridized carbons (Fsp3) is 0.0312. The van der Waals surface area contributed by atoms with Crippen LogP contribution in [0.4, 0.5) is 5.69 Å². The highest BCUT2D eigenvalue weighted by atomic mass is 16.2. The summed E-state index contributed by atoms with van der Waals surface area (Å²) in [5.41, 5.74) is 4.37. The van der Waals surface area contributed by atoms with Crippen LogP contribution < -0.4 is 10.6 Å². The number of amides is 2. The van der Waals surface area contributed by atoms with E-state index in [1.54, 1.807) is 60.7 Å². The molecule has 0 radical (unpaired) electrons. The Hall–Kier alpha value is -5.03. The SMILES string of the molecule is Cc1ccccc1/C=C/C(=O)c1ccc(NC(=O)/C(=C/c2ccccc2)NC(=O)c2ccccc2)cc1. The molecule has 0 fully saturated rings. The molecule has 0 spiro atoms. The molecule has 0 aromatic heterocycles. The van der Waals surface area contributed by atoms with Gasteiger partial charge in [0.1, 0.15) is 5.70 Å². The summed E-state index contributed by atoms with van der Waals surface area (Å²) in [7, 11) is 0. The zero-order valence-electron chi connectivity index (χ0n) is 20.3. The van der Waals surface area contributed by atoms with Gasteiger partial charge in [0.25, 0.3) is 11.8 Å². The van der Waals surface area contributed by atoms with Gasteiger partial charge in [0, 0.05) is 16.8 Å². The van der Waals surface area contributed by atoms with Crippen LogP contribution in [0.15, 0.2) is 121 Å². The van der Waals surface area contributed by atoms with Crippen molar-refractivity contribution in [3.05, 3.63) is 149 Å². The van der Waals surface area contributed by atoms with Gasteiger partial charge in [-0.05, 0) is 72.2 Å². The van der Waals surface area contributed by atoms with Crippen molar-refractivity contribution in [3.8, 4) is 0 Å². The average Bonchev–Trinajstić information content (AvgIpc) is 2.93. The number of carbonyl (C=O) groups is 3. The van der Waals surface area contributed by atoms with Crippen molar-refractivity contribution < 1.29 is 14.4 Å². The molecule has 2 amide bonds. The van der Waals surface area contributed by atoms with Crippen molar-refractivity contribution in [2.45, 2.75) is 6.92 Å². The number of anilines is 1. The second-order valence-corrected chi connectivity index (χ2v) is 8.37. The summed E-state index contributed by atoms with van der Waals surface area (Å²) < 4.78 is 0. The molecule has 0 saturated carbocycles. The third-order valence-corrected chi connectivity index (χ3v) is 5.67. The maximum atomic E-state index is 13.1. The van der Waals surface area contributed by atoms with Crippen LogP contribution in [-0.2, 0) is 4.79 Å². The molecule has 37 heavy (non-hydrogen) atoms. The van der Waals surface area contributed by atoms with Crippen molar-refractivity contribution >= 4 is 35.4 Å². The highest BCUT2D eigenvalue weighted by Crippen LogP contribution is 2.15. The Morgan fingerprint density at radius 1 is 0.676 bits per heavy atom. The van der Waals surface area contributed by atoms with Crippen LogP contribution in [0, 0.1) is 6.92 Å². The summed E-state index contributed by atoms with van der Waals surface area (Å²) in [5, 5.41) is 5.51. The summed E-state index contributed by atoms with van der Waals surface area (Å²) in [5.74, 6) is -1.01. The van der Waals surface area contributed by atoms with Gasteiger partial charge in [-0.15, -0.1) is 0 Å². The fourth-order valence-corrected chi connectivity index (χ4v) is 3.61. The average molecular weight is 487 g/mol. The Kier molecular flexibility index (Phi) is 8.19. The highest BCUT2D eigenvalue weighted by molar-refractivity contribution is 6.11. The molecule has 0 saturated heterocycles. The van der Waals surface area contributed by atoms with E-state index in [1.807, 2.05) is 67.6 Å². The van der Waals surface area contributed by atoms with E-state index in [0.717, 1.165) is 16.7 Å². The van der Waals surface area contributed by atoms with Crippen LogP contribution in [0.5, 0.6) is 0 Å². The number of benzene rings is 4. The fourth-order valence-electron chi connectivity index (χ4n) is 3.61. The summed E-state index contributed by atoms with van der Waals surface area (Å²) in [6.07, 6.45) is 4.95. The second kappa shape index (κ2) is 12.1. The summed E-state index contributed by atoms with van der Waals surface area (Å²) >= 11 is 0. The zero-order chi connectivity index (χ0) is 26.0. The lowest BCUT2D eigenvalue weighted by molar-refractivity contribution is -0.113. The highest BCUT2D eigenvalue weighted by Gasteiger charge is 2.15. The third kappa shape index (κ3) is 6.99. The first kappa shape index (κ1) is 25.1. The van der Waals surface area contributed by atoms with E-state index in [9.17, 15) is 14.4 Å². The normalized spacial score (nSPS) is 11.2. The monoisotopic (exact) mass is 486 g/mol. The minimum atomic E-state index is -0.480. The number of hydrogen-bond donors (Lipinski definition) is 2. The number of nitrogens with one attached hydrogen (secondary N) is 2. The molecule has 0 atom stereocenters. The molecular weight excluding hydrogens is 460 g/mol. The number of ketones is 1. The van der Waals surface area contributed by atoms with Gasteiger partial charge >= 0.3 is 0 Å². The Balaban J connectivity index is 1.48. The molecule has 4 aromatic rings. The quantitative estimate of drug-likeness (QED) is 0.227. The maximum Gasteiger partial charge on any atom is 0.272 e. The maximum absolute atomic E-state index is 13.1. The Labute approximate surface area is 216 Å². The van der Waals surface area contributed by atoms with Gasteiger partial charge in [0.05, 0.1) is 0 Å². The molecule has 5 nitrogen and oxygen atoms in total. The van der Waals surface area contributed by atoms with Crippen LogP contribution in [0.25, 0.3) is 12.2 Å². The van der Waals surface area contributed by atoms with Crippen LogP contribution >= 0.6 is 0 Å². The lowest BCUT2D eigenvalue weighted by Gasteiger charge is -2.12. The summed E-state index contributed by atoms with van der Waals surface area (Å²) in [6, 6.07) is 32.4. The molecule has 182 valence electrons. The van der Waals surface area contributed by atoms with Crippen molar-refractivity contribution in [3.63, 3.8) is 0 Å². The lowest BCUT2D eigenvalue weighted by Crippen LogP contribution is -2.30. The minimum absolute atomic E-state index is 0.0985. The number of hydrogen-bond acceptors (Lipinski definition) is 3. The molecule has 0 bridgehead atoms. The first-order chi connectivity index (χ1) is 18.0. The largest absolute Gasteiger partial charge is 0.321 e. The van der Waals surface area contributed by atoms with Crippen molar-refractivity contribution in [1.82, 2.24) is 5.32 Å². The molecule has 0 aliphatic rings. The zero-order valence-corrected chi connectivity index (χ0v) is 20.3. The standard InChI is InChI=1S/C32H26N2O3/c1-23-10-8-9-13-25(23)18-21-30(35)26-16-19-28(20-17-26)33-32(37)29(22-24-11-4-2-5-12-24)34-31(36)27-14-6-3-7-15-27/h2-22H,1H3,(H,33,37)(H,34,36)/b21-18+,29-22-. The van der Waals surface area contributed by atoms with Crippen LogP contribution in [-0.4, -0.2) is 17.6 Å². The van der Waals surface area contributed by atoms with E-state index in [0.29, 0.717) is 16.8 Å². The van der Waals surface area contributed by atoms with E-state index >= 15 is 0 Å². The molecule has 5 heteroatoms. The van der Waals surface area contributed by atoms with Gasteiger partial charge in [-0.25, -0.2) is 0 Å². The van der Waals surface area contributed by atoms with Gasteiger partial charge in [0.2, 0.25) is 0 Å². The van der Waals surface area contributed by atoms with Crippen LogP contribution in [0.3, 0.4) is 0 Å². The molecule has 0 unspecified atom stereocenters. The van der Waals surface area contributed by atoms with E-state index in [4.69, 9.17) is 0 Å². The molecule has 0 aliphatic carbocycles. The van der Waals surface area contributed by atoms with Gasteiger partial charge in [-0.2, -0.15) is 0 Å². The predicted molar refractivity (Wildman–Crippen MR) is 148 cm³/mol. The first-order valence-corrected chi connectivity index (χ1v) is 11.8. The van der Waals surface area contributed by atoms with Gasteiger partial charge in [0.15, 0.2) is 5.78 Å². The number of allylic oxidation sites excluding steroid dienone is 1. The topological polar surface area (TPSA) is 75.3 Å². The van der Waals surface area contributed by atoms with E-state index in [-0.39, 0.29) is 17.4 Å². The smallest absolute Gasteiger partial charge is 0.272 e. The van der Waals surface area contributed by atoms with Crippen molar-refractivity contribution in [2.75, 3.05) is 5.32 Å². The van der Waals surface area contributed by atoms with Crippen molar-refractivity contribution in [2.24, 2.45) is 0 Å². The Morgan fingerprint density at radius 2 is 1.30 bits per heavy atom. The lowest BCUT2D eigenvalue weighted by atomic mass is 10.1. The van der Waals surface area contributed by atoms with Crippen LogP contribution in [0.2, 0.25) is 0 Å². The van der Waals surface area contributed by atoms with Gasteiger partial charge in [-0.1, -0.05) is 78.9 Å². The molecule has 4 aromatic carbocycles. The number of carbonyl (C=O) groups excluding carboxylic acids is 3. The third-order valence-electron chi connectivity index (χ3n) is 5.67.